The third-order valence-electron chi connectivity index (χ3n) is 3.35. The van der Waals surface area contributed by atoms with Gasteiger partial charge in [-0.25, -0.2) is 0 Å². The van der Waals surface area contributed by atoms with E-state index in [-0.39, 0.29) is 5.91 Å². The first-order valence-electron chi connectivity index (χ1n) is 6.66. The van der Waals surface area contributed by atoms with E-state index in [1.807, 2.05) is 13.8 Å². The number of nitrogens with zero attached hydrogens (tertiary/aromatic N) is 6. The highest BCUT2D eigenvalue weighted by molar-refractivity contribution is 5.93. The Labute approximate surface area is 115 Å². The average Bonchev–Trinajstić information content (AvgIpc) is 2.92. The molecular formula is C12H16N6O2. The van der Waals surface area contributed by atoms with Crippen molar-refractivity contribution in [2.45, 2.75) is 20.3 Å². The SMILES string of the molecule is CCc1nc2nnc(C(=O)N3CCOCC3)c(C)n2n1. The number of rotatable bonds is 2. The number of hydrogen-bond donors (Lipinski definition) is 0. The van der Waals surface area contributed by atoms with Crippen molar-refractivity contribution in [2.75, 3.05) is 26.3 Å². The number of morpholine rings is 1. The lowest BCUT2D eigenvalue weighted by atomic mass is 10.3. The fourth-order valence-electron chi connectivity index (χ4n) is 2.17. The van der Waals surface area contributed by atoms with Gasteiger partial charge in [-0.3, -0.25) is 4.79 Å². The molecule has 2 aromatic rings. The van der Waals surface area contributed by atoms with E-state index in [1.165, 1.54) is 0 Å². The van der Waals surface area contributed by atoms with Crippen molar-refractivity contribution >= 4 is 11.7 Å². The van der Waals surface area contributed by atoms with Gasteiger partial charge in [-0.2, -0.15) is 9.50 Å². The summed E-state index contributed by atoms with van der Waals surface area (Å²) in [5.74, 6) is 0.991. The summed E-state index contributed by atoms with van der Waals surface area (Å²) in [7, 11) is 0. The van der Waals surface area contributed by atoms with Crippen molar-refractivity contribution in [1.29, 1.82) is 0 Å². The van der Waals surface area contributed by atoms with E-state index in [0.29, 0.717) is 49.3 Å². The van der Waals surface area contributed by atoms with Crippen molar-refractivity contribution in [3.8, 4) is 0 Å². The van der Waals surface area contributed by atoms with Crippen molar-refractivity contribution in [3.63, 3.8) is 0 Å². The third-order valence-corrected chi connectivity index (χ3v) is 3.35. The van der Waals surface area contributed by atoms with E-state index in [9.17, 15) is 4.79 Å². The van der Waals surface area contributed by atoms with Gasteiger partial charge in [0.15, 0.2) is 11.5 Å². The van der Waals surface area contributed by atoms with Crippen LogP contribution >= 0.6 is 0 Å². The van der Waals surface area contributed by atoms with Crippen molar-refractivity contribution in [3.05, 3.63) is 17.2 Å². The number of hydrogen-bond acceptors (Lipinski definition) is 6. The molecule has 106 valence electrons. The second-order valence-corrected chi connectivity index (χ2v) is 4.63. The largest absolute Gasteiger partial charge is 0.378 e. The maximum Gasteiger partial charge on any atom is 0.276 e. The van der Waals surface area contributed by atoms with Gasteiger partial charge in [0, 0.05) is 19.5 Å². The van der Waals surface area contributed by atoms with Gasteiger partial charge in [0.1, 0.15) is 0 Å². The zero-order chi connectivity index (χ0) is 14.1. The highest BCUT2D eigenvalue weighted by Gasteiger charge is 2.23. The van der Waals surface area contributed by atoms with Crippen LogP contribution in [0.2, 0.25) is 0 Å². The van der Waals surface area contributed by atoms with Crippen LogP contribution in [0, 0.1) is 6.92 Å². The standard InChI is InChI=1S/C12H16N6O2/c1-3-9-13-12-15-14-10(8(2)18(12)16-9)11(19)17-4-6-20-7-5-17/h3-7H2,1-2H3. The molecule has 0 radical (unpaired) electrons. The quantitative estimate of drug-likeness (QED) is 0.759. The maximum atomic E-state index is 12.4. The average molecular weight is 276 g/mol. The summed E-state index contributed by atoms with van der Waals surface area (Å²) in [6.45, 7) is 6.06. The number of ether oxygens (including phenoxy) is 1. The highest BCUT2D eigenvalue weighted by Crippen LogP contribution is 2.10. The predicted octanol–water partition coefficient (Wildman–Crippen LogP) is -0.137. The molecule has 0 unspecified atom stereocenters. The molecule has 1 aliphatic rings. The summed E-state index contributed by atoms with van der Waals surface area (Å²) in [5, 5.41) is 12.3. The van der Waals surface area contributed by atoms with E-state index in [2.05, 4.69) is 20.3 Å². The summed E-state index contributed by atoms with van der Waals surface area (Å²) in [6, 6.07) is 0. The van der Waals surface area contributed by atoms with Crippen molar-refractivity contribution < 1.29 is 9.53 Å². The van der Waals surface area contributed by atoms with Crippen LogP contribution in [0.3, 0.4) is 0 Å². The molecule has 1 aliphatic heterocycles. The number of aryl methyl sites for hydroxylation is 2. The Morgan fingerprint density at radius 2 is 2.05 bits per heavy atom. The summed E-state index contributed by atoms with van der Waals surface area (Å²) in [5.41, 5.74) is 0.991. The maximum absolute atomic E-state index is 12.4. The van der Waals surface area contributed by atoms with Crippen molar-refractivity contribution in [2.24, 2.45) is 0 Å². The van der Waals surface area contributed by atoms with Gasteiger partial charge in [0.05, 0.1) is 18.9 Å². The van der Waals surface area contributed by atoms with E-state index in [4.69, 9.17) is 4.74 Å². The van der Waals surface area contributed by atoms with E-state index >= 15 is 0 Å². The van der Waals surface area contributed by atoms with Gasteiger partial charge in [-0.05, 0) is 6.92 Å². The Kier molecular flexibility index (Phi) is 3.31. The minimum Gasteiger partial charge on any atom is -0.378 e. The summed E-state index contributed by atoms with van der Waals surface area (Å²) >= 11 is 0. The van der Waals surface area contributed by atoms with E-state index < -0.39 is 0 Å². The monoisotopic (exact) mass is 276 g/mol. The molecular weight excluding hydrogens is 260 g/mol. The molecule has 8 nitrogen and oxygen atoms in total. The topological polar surface area (TPSA) is 85.5 Å². The smallest absolute Gasteiger partial charge is 0.276 e. The minimum absolute atomic E-state index is 0.131. The Morgan fingerprint density at radius 3 is 2.75 bits per heavy atom. The zero-order valence-corrected chi connectivity index (χ0v) is 11.5. The van der Waals surface area contributed by atoms with Crippen LogP contribution in [0.15, 0.2) is 0 Å². The molecule has 0 N–H and O–H groups in total. The first kappa shape index (κ1) is 12.9. The number of carbonyl (C=O) groups excluding carboxylic acids is 1. The van der Waals surface area contributed by atoms with E-state index in [0.717, 1.165) is 6.42 Å². The lowest BCUT2D eigenvalue weighted by Gasteiger charge is -2.26. The van der Waals surface area contributed by atoms with Gasteiger partial charge in [0.25, 0.3) is 11.7 Å². The lowest BCUT2D eigenvalue weighted by molar-refractivity contribution is 0.0297. The molecule has 1 amide bonds. The van der Waals surface area contributed by atoms with Crippen LogP contribution in [0.1, 0.15) is 28.9 Å². The molecule has 0 aromatic carbocycles. The molecule has 1 saturated heterocycles. The van der Waals surface area contributed by atoms with Crippen LogP contribution in [-0.4, -0.2) is 61.9 Å². The Balaban J connectivity index is 1.98. The van der Waals surface area contributed by atoms with Gasteiger partial charge >= 0.3 is 0 Å². The number of aromatic nitrogens is 5. The normalized spacial score (nSPS) is 15.8. The van der Waals surface area contributed by atoms with Gasteiger partial charge in [0.2, 0.25) is 0 Å². The number of fused-ring (bicyclic) bond motifs is 1. The molecule has 0 spiro atoms. The Morgan fingerprint density at radius 1 is 1.30 bits per heavy atom. The zero-order valence-electron chi connectivity index (χ0n) is 11.5. The first-order valence-corrected chi connectivity index (χ1v) is 6.66. The van der Waals surface area contributed by atoms with Crippen molar-refractivity contribution in [1.82, 2.24) is 29.7 Å². The third kappa shape index (κ3) is 2.11. The van der Waals surface area contributed by atoms with Crippen LogP contribution < -0.4 is 0 Å². The molecule has 0 saturated carbocycles. The Bertz CT molecular complexity index is 647. The second kappa shape index (κ2) is 5.12. The number of amides is 1. The van der Waals surface area contributed by atoms with E-state index in [1.54, 1.807) is 9.42 Å². The summed E-state index contributed by atoms with van der Waals surface area (Å²) in [6.07, 6.45) is 0.718. The number of carbonyl (C=O) groups is 1. The molecule has 3 rings (SSSR count). The molecule has 8 heteroatoms. The highest BCUT2D eigenvalue weighted by atomic mass is 16.5. The predicted molar refractivity (Wildman–Crippen MR) is 69.4 cm³/mol. The molecule has 1 fully saturated rings. The fourth-order valence-corrected chi connectivity index (χ4v) is 2.17. The van der Waals surface area contributed by atoms with Gasteiger partial charge in [-0.1, -0.05) is 6.92 Å². The molecule has 0 aliphatic carbocycles. The molecule has 0 bridgehead atoms. The van der Waals surface area contributed by atoms with Crippen LogP contribution in [0.4, 0.5) is 0 Å². The first-order chi connectivity index (χ1) is 9.70. The summed E-state index contributed by atoms with van der Waals surface area (Å²) in [4.78, 5) is 18.4. The molecule has 3 heterocycles. The fraction of sp³-hybridized carbons (Fsp3) is 0.583. The molecule has 2 aromatic heterocycles. The van der Waals surface area contributed by atoms with Crippen LogP contribution in [0.5, 0.6) is 0 Å². The second-order valence-electron chi connectivity index (χ2n) is 4.63. The molecule has 0 atom stereocenters. The minimum atomic E-state index is -0.131. The molecule has 20 heavy (non-hydrogen) atoms. The lowest BCUT2D eigenvalue weighted by Crippen LogP contribution is -2.41. The van der Waals surface area contributed by atoms with Crippen LogP contribution in [0.25, 0.3) is 5.78 Å². The summed E-state index contributed by atoms with van der Waals surface area (Å²) < 4.78 is 6.83. The Hall–Kier alpha value is -2.09. The van der Waals surface area contributed by atoms with Gasteiger partial charge < -0.3 is 9.64 Å². The van der Waals surface area contributed by atoms with Gasteiger partial charge in [-0.15, -0.1) is 15.3 Å². The van der Waals surface area contributed by atoms with Crippen LogP contribution in [-0.2, 0) is 11.2 Å².